The molecule has 9 heteroatoms. The van der Waals surface area contributed by atoms with E-state index in [2.05, 4.69) is 10.1 Å². The highest BCUT2D eigenvalue weighted by atomic mass is 32.1. The summed E-state index contributed by atoms with van der Waals surface area (Å²) in [6, 6.07) is 1.41. The quantitative estimate of drug-likeness (QED) is 0.768. The topological polar surface area (TPSA) is 97.0 Å². The normalized spacial score (nSPS) is 11.4. The number of rotatable bonds is 7. The Kier molecular flexibility index (Phi) is 4.99. The molecule has 2 rings (SSSR count). The molecule has 8 nitrogen and oxygen atoms in total. The van der Waals surface area contributed by atoms with Crippen molar-refractivity contribution < 1.29 is 14.6 Å². The Bertz CT molecular complexity index is 696. The fraction of sp³-hybridized carbons (Fsp3) is 0.500. The summed E-state index contributed by atoms with van der Waals surface area (Å²) >= 11 is 1.28. The van der Waals surface area contributed by atoms with Crippen molar-refractivity contribution in [3.8, 4) is 0 Å². The molecule has 21 heavy (non-hydrogen) atoms. The van der Waals surface area contributed by atoms with Crippen LogP contribution in [0.15, 0.2) is 10.9 Å². The molecule has 0 bridgehead atoms. The molecule has 0 unspecified atom stereocenters. The molecule has 0 aliphatic heterocycles. The van der Waals surface area contributed by atoms with Gasteiger partial charge >= 0.3 is 5.97 Å². The molecule has 0 fully saturated rings. The molecule has 0 aliphatic rings. The van der Waals surface area contributed by atoms with Crippen LogP contribution in [-0.4, -0.2) is 57.4 Å². The Morgan fingerprint density at radius 2 is 2.33 bits per heavy atom. The summed E-state index contributed by atoms with van der Waals surface area (Å²) in [4.78, 5) is 29.1. The predicted octanol–water partition coefficient (Wildman–Crippen LogP) is -0.00758. The summed E-state index contributed by atoms with van der Waals surface area (Å²) in [5.74, 6) is -0.918. The van der Waals surface area contributed by atoms with Gasteiger partial charge in [-0.2, -0.15) is 9.61 Å². The Morgan fingerprint density at radius 3 is 3.00 bits per heavy atom. The monoisotopic (exact) mass is 312 g/mol. The highest BCUT2D eigenvalue weighted by molar-refractivity contribution is 7.16. The molecule has 0 aliphatic carbocycles. The molecule has 0 saturated carbocycles. The second-order valence-corrected chi connectivity index (χ2v) is 5.56. The predicted molar refractivity (Wildman–Crippen MR) is 76.7 cm³/mol. The standard InChI is InChI=1S/C12H16N4O4S/c1-8-5-10(17)16-12(13-8)21-9(14-16)6-15(3-4-20-2)7-11(18)19/h5H,3-4,6-7H2,1-2H3,(H,18,19). The van der Waals surface area contributed by atoms with E-state index in [0.717, 1.165) is 0 Å². The van der Waals surface area contributed by atoms with Gasteiger partial charge in [-0.3, -0.25) is 14.5 Å². The average molecular weight is 312 g/mol. The fourth-order valence-corrected chi connectivity index (χ4v) is 2.83. The van der Waals surface area contributed by atoms with Gasteiger partial charge < -0.3 is 9.84 Å². The van der Waals surface area contributed by atoms with E-state index < -0.39 is 5.97 Å². The number of fused-ring (bicyclic) bond motifs is 1. The summed E-state index contributed by atoms with van der Waals surface area (Å²) in [7, 11) is 1.56. The molecular weight excluding hydrogens is 296 g/mol. The maximum absolute atomic E-state index is 11.8. The lowest BCUT2D eigenvalue weighted by Gasteiger charge is -2.17. The van der Waals surface area contributed by atoms with Gasteiger partial charge in [0.05, 0.1) is 19.7 Å². The van der Waals surface area contributed by atoms with Gasteiger partial charge in [0.25, 0.3) is 5.56 Å². The van der Waals surface area contributed by atoms with Gasteiger partial charge in [-0.1, -0.05) is 11.3 Å². The molecular formula is C12H16N4O4S. The first-order valence-corrected chi connectivity index (χ1v) is 7.10. The van der Waals surface area contributed by atoms with E-state index in [4.69, 9.17) is 9.84 Å². The third-order valence-electron chi connectivity index (χ3n) is 2.74. The number of hydrogen-bond acceptors (Lipinski definition) is 7. The van der Waals surface area contributed by atoms with Gasteiger partial charge in [0, 0.05) is 25.4 Å². The van der Waals surface area contributed by atoms with Crippen molar-refractivity contribution in [2.75, 3.05) is 26.8 Å². The Morgan fingerprint density at radius 1 is 1.57 bits per heavy atom. The third kappa shape index (κ3) is 4.06. The Hall–Kier alpha value is -1.84. The van der Waals surface area contributed by atoms with Crippen LogP contribution in [0.4, 0.5) is 0 Å². The summed E-state index contributed by atoms with van der Waals surface area (Å²) in [6.07, 6.45) is 0. The van der Waals surface area contributed by atoms with Crippen LogP contribution in [-0.2, 0) is 16.1 Å². The highest BCUT2D eigenvalue weighted by Crippen LogP contribution is 2.13. The van der Waals surface area contributed by atoms with E-state index in [0.29, 0.717) is 35.4 Å². The first-order chi connectivity index (χ1) is 9.99. The van der Waals surface area contributed by atoms with Crippen LogP contribution in [0, 0.1) is 6.92 Å². The van der Waals surface area contributed by atoms with Gasteiger partial charge in [0.15, 0.2) is 0 Å². The summed E-state index contributed by atoms with van der Waals surface area (Å²) in [6.45, 7) is 2.87. The highest BCUT2D eigenvalue weighted by Gasteiger charge is 2.14. The van der Waals surface area contributed by atoms with Crippen LogP contribution in [0.1, 0.15) is 10.7 Å². The largest absolute Gasteiger partial charge is 0.480 e. The summed E-state index contributed by atoms with van der Waals surface area (Å²) < 4.78 is 6.20. The maximum atomic E-state index is 11.8. The number of carbonyl (C=O) groups is 1. The number of aromatic nitrogens is 3. The van der Waals surface area contributed by atoms with Crippen LogP contribution in [0.3, 0.4) is 0 Å². The minimum absolute atomic E-state index is 0.110. The van der Waals surface area contributed by atoms with Crippen LogP contribution < -0.4 is 5.56 Å². The van der Waals surface area contributed by atoms with E-state index in [9.17, 15) is 9.59 Å². The lowest BCUT2D eigenvalue weighted by Crippen LogP contribution is -2.32. The fourth-order valence-electron chi connectivity index (χ4n) is 1.84. The Balaban J connectivity index is 2.21. The number of methoxy groups -OCH3 is 1. The molecule has 0 aromatic carbocycles. The van der Waals surface area contributed by atoms with Crippen LogP contribution in [0.25, 0.3) is 4.96 Å². The number of ether oxygens (including phenoxy) is 1. The first-order valence-electron chi connectivity index (χ1n) is 6.29. The van der Waals surface area contributed by atoms with Gasteiger partial charge in [-0.05, 0) is 6.92 Å². The smallest absolute Gasteiger partial charge is 0.317 e. The molecule has 2 aromatic heterocycles. The molecule has 2 heterocycles. The van der Waals surface area contributed by atoms with E-state index >= 15 is 0 Å². The molecule has 1 N–H and O–H groups in total. The van der Waals surface area contributed by atoms with Crippen molar-refractivity contribution in [1.82, 2.24) is 19.5 Å². The lowest BCUT2D eigenvalue weighted by molar-refractivity contribution is -0.138. The molecule has 2 aromatic rings. The van der Waals surface area contributed by atoms with Crippen molar-refractivity contribution in [1.29, 1.82) is 0 Å². The van der Waals surface area contributed by atoms with Gasteiger partial charge in [-0.25, -0.2) is 4.98 Å². The molecule has 114 valence electrons. The average Bonchev–Trinajstić information content (AvgIpc) is 2.78. The van der Waals surface area contributed by atoms with Crippen molar-refractivity contribution in [3.63, 3.8) is 0 Å². The van der Waals surface area contributed by atoms with E-state index in [1.807, 2.05) is 0 Å². The number of nitrogens with zero attached hydrogens (tertiary/aromatic N) is 4. The summed E-state index contributed by atoms with van der Waals surface area (Å²) in [5, 5.41) is 13.7. The SMILES string of the molecule is COCCN(CC(=O)O)Cc1nn2c(=O)cc(C)nc2s1. The number of aryl methyl sites for hydroxylation is 1. The minimum atomic E-state index is -0.918. The molecule has 0 atom stereocenters. The van der Waals surface area contributed by atoms with Crippen molar-refractivity contribution in [3.05, 3.63) is 27.1 Å². The molecule has 0 saturated heterocycles. The maximum Gasteiger partial charge on any atom is 0.317 e. The van der Waals surface area contributed by atoms with E-state index in [1.54, 1.807) is 18.9 Å². The number of carboxylic acids is 1. The second-order valence-electron chi connectivity index (χ2n) is 4.52. The molecule has 0 spiro atoms. The van der Waals surface area contributed by atoms with E-state index in [1.165, 1.54) is 21.9 Å². The van der Waals surface area contributed by atoms with Gasteiger partial charge in [0.2, 0.25) is 4.96 Å². The van der Waals surface area contributed by atoms with Crippen LogP contribution in [0.5, 0.6) is 0 Å². The zero-order valence-corrected chi connectivity index (χ0v) is 12.6. The zero-order valence-electron chi connectivity index (χ0n) is 11.8. The van der Waals surface area contributed by atoms with Crippen molar-refractivity contribution in [2.24, 2.45) is 0 Å². The lowest BCUT2D eigenvalue weighted by atomic mass is 10.4. The van der Waals surface area contributed by atoms with Crippen molar-refractivity contribution >= 4 is 22.3 Å². The zero-order chi connectivity index (χ0) is 15.4. The molecule has 0 amide bonds. The van der Waals surface area contributed by atoms with Crippen LogP contribution >= 0.6 is 11.3 Å². The Labute approximate surface area is 124 Å². The number of carboxylic acid groups (broad SMARTS) is 1. The number of aliphatic carboxylic acids is 1. The van der Waals surface area contributed by atoms with Crippen LogP contribution in [0.2, 0.25) is 0 Å². The third-order valence-corrected chi connectivity index (χ3v) is 3.64. The van der Waals surface area contributed by atoms with Gasteiger partial charge in [0.1, 0.15) is 5.01 Å². The van der Waals surface area contributed by atoms with Gasteiger partial charge in [-0.15, -0.1) is 0 Å². The second kappa shape index (κ2) is 6.74. The minimum Gasteiger partial charge on any atom is -0.480 e. The summed E-state index contributed by atoms with van der Waals surface area (Å²) in [5.41, 5.74) is 0.402. The number of hydrogen-bond donors (Lipinski definition) is 1. The first kappa shape index (κ1) is 15.5. The molecule has 0 radical (unpaired) electrons. The van der Waals surface area contributed by atoms with Crippen molar-refractivity contribution in [2.45, 2.75) is 13.5 Å². The van der Waals surface area contributed by atoms with E-state index in [-0.39, 0.29) is 12.1 Å².